The lowest BCUT2D eigenvalue weighted by molar-refractivity contribution is -0.124. The summed E-state index contributed by atoms with van der Waals surface area (Å²) in [5.41, 5.74) is 2.12. The summed E-state index contributed by atoms with van der Waals surface area (Å²) in [6.45, 7) is 2.16. The minimum absolute atomic E-state index is 0.0796. The topological polar surface area (TPSA) is 104 Å². The Bertz CT molecular complexity index is 1330. The van der Waals surface area contributed by atoms with Gasteiger partial charge in [0, 0.05) is 43.4 Å². The highest BCUT2D eigenvalue weighted by Crippen LogP contribution is 2.28. The van der Waals surface area contributed by atoms with Crippen LogP contribution in [-0.2, 0) is 32.6 Å². The number of thiol groups is 1. The van der Waals surface area contributed by atoms with Crippen LogP contribution in [0.4, 0.5) is 4.39 Å². The van der Waals surface area contributed by atoms with Crippen molar-refractivity contribution in [1.29, 1.82) is 0 Å². The van der Waals surface area contributed by atoms with Crippen LogP contribution in [-0.4, -0.2) is 39.1 Å². The maximum atomic E-state index is 14.8. The largest absolute Gasteiger partial charge is 0.355 e. The van der Waals surface area contributed by atoms with Crippen molar-refractivity contribution in [3.05, 3.63) is 89.7 Å². The van der Waals surface area contributed by atoms with Gasteiger partial charge < -0.3 is 10.6 Å². The normalized spacial score (nSPS) is 12.1. The van der Waals surface area contributed by atoms with Crippen LogP contribution in [0.3, 0.4) is 0 Å². The number of sulfonamides is 1. The lowest BCUT2D eigenvalue weighted by Crippen LogP contribution is -2.37. The first-order valence-electron chi connectivity index (χ1n) is 11.8. The molecule has 2 amide bonds. The number of benzene rings is 3. The van der Waals surface area contributed by atoms with E-state index in [4.69, 9.17) is 0 Å². The molecule has 3 N–H and O–H groups in total. The fourth-order valence-corrected chi connectivity index (χ4v) is 5.34. The second-order valence-corrected chi connectivity index (χ2v) is 10.5. The minimum Gasteiger partial charge on any atom is -0.355 e. The fraction of sp³-hybridized carbons (Fsp3) is 0.259. The van der Waals surface area contributed by atoms with E-state index >= 15 is 0 Å². The Morgan fingerprint density at radius 2 is 1.68 bits per heavy atom. The number of rotatable bonds is 12. The molecule has 0 radical (unpaired) electrons. The summed E-state index contributed by atoms with van der Waals surface area (Å²) in [6, 6.07) is 20.3. The Morgan fingerprint density at radius 1 is 0.973 bits per heavy atom. The van der Waals surface area contributed by atoms with Gasteiger partial charge in [-0.15, -0.1) is 0 Å². The number of hydrogen-bond acceptors (Lipinski definition) is 6. The monoisotopic (exact) mass is 543 g/mol. The third-order valence-electron chi connectivity index (χ3n) is 5.65. The molecule has 0 fully saturated rings. The molecule has 3 rings (SSSR count). The number of carbonyl (C=O) groups excluding carboxylic acids is 2. The van der Waals surface area contributed by atoms with E-state index in [0.717, 1.165) is 12.5 Å². The highest BCUT2D eigenvalue weighted by atomic mass is 32.2. The SMILES string of the molecule is CC(=O)NS(=O)(=O)c1ccccc1-c1ccc(CNCCNC(=O)[C@@H](CS)Cc2ccccc2)c(F)c1. The van der Waals surface area contributed by atoms with Gasteiger partial charge in [-0.2, -0.15) is 12.6 Å². The molecule has 0 heterocycles. The van der Waals surface area contributed by atoms with E-state index < -0.39 is 21.7 Å². The Labute approximate surface area is 222 Å². The van der Waals surface area contributed by atoms with Crippen LogP contribution >= 0.6 is 12.6 Å². The zero-order valence-corrected chi connectivity index (χ0v) is 22.1. The molecule has 0 aliphatic rings. The van der Waals surface area contributed by atoms with Gasteiger partial charge in [-0.1, -0.05) is 60.7 Å². The van der Waals surface area contributed by atoms with Gasteiger partial charge in [0.15, 0.2) is 0 Å². The second-order valence-electron chi connectivity index (χ2n) is 8.50. The predicted molar refractivity (Wildman–Crippen MR) is 145 cm³/mol. The van der Waals surface area contributed by atoms with Crippen LogP contribution in [0, 0.1) is 11.7 Å². The molecule has 3 aromatic rings. The first-order chi connectivity index (χ1) is 17.7. The molecule has 0 spiro atoms. The van der Waals surface area contributed by atoms with Gasteiger partial charge in [0.25, 0.3) is 10.0 Å². The molecule has 196 valence electrons. The van der Waals surface area contributed by atoms with E-state index in [0.29, 0.717) is 36.4 Å². The van der Waals surface area contributed by atoms with Gasteiger partial charge in [0.2, 0.25) is 11.8 Å². The van der Waals surface area contributed by atoms with E-state index in [-0.39, 0.29) is 28.8 Å². The van der Waals surface area contributed by atoms with Crippen molar-refractivity contribution >= 4 is 34.5 Å². The van der Waals surface area contributed by atoms with Crippen molar-refractivity contribution in [2.24, 2.45) is 5.92 Å². The molecule has 0 unspecified atom stereocenters. The standard InChI is InChI=1S/C27H30FN3O4S2/c1-19(32)31-37(34,35)26-10-6-5-9-24(26)21-11-12-22(25(28)16-21)17-29-13-14-30-27(33)23(18-36)15-20-7-3-2-4-8-20/h2-12,16,23,29,36H,13-15,17-18H2,1H3,(H,30,33)(H,31,32)/t23-/m1/s1. The van der Waals surface area contributed by atoms with Gasteiger partial charge in [0.1, 0.15) is 5.82 Å². The number of nitrogens with one attached hydrogen (secondary N) is 3. The van der Waals surface area contributed by atoms with Crippen LogP contribution in [0.5, 0.6) is 0 Å². The molecule has 0 saturated carbocycles. The Hall–Kier alpha value is -3.21. The predicted octanol–water partition coefficient (Wildman–Crippen LogP) is 3.31. The van der Waals surface area contributed by atoms with Crippen molar-refractivity contribution in [3.63, 3.8) is 0 Å². The van der Waals surface area contributed by atoms with Gasteiger partial charge in [-0.3, -0.25) is 9.59 Å². The summed E-state index contributed by atoms with van der Waals surface area (Å²) < 4.78 is 41.8. The van der Waals surface area contributed by atoms with E-state index in [1.54, 1.807) is 24.3 Å². The Morgan fingerprint density at radius 3 is 2.35 bits per heavy atom. The summed E-state index contributed by atoms with van der Waals surface area (Å²) in [7, 11) is -4.09. The zero-order chi connectivity index (χ0) is 26.8. The number of halogens is 1. The molecule has 0 bridgehead atoms. The van der Waals surface area contributed by atoms with Gasteiger partial charge >= 0.3 is 0 Å². The van der Waals surface area contributed by atoms with Crippen LogP contribution in [0.25, 0.3) is 11.1 Å². The zero-order valence-electron chi connectivity index (χ0n) is 20.4. The van der Waals surface area contributed by atoms with Crippen molar-refractivity contribution in [2.45, 2.75) is 24.8 Å². The lowest BCUT2D eigenvalue weighted by atomic mass is 10.0. The first-order valence-corrected chi connectivity index (χ1v) is 13.9. The average Bonchev–Trinajstić information content (AvgIpc) is 2.87. The van der Waals surface area contributed by atoms with Gasteiger partial charge in [-0.25, -0.2) is 17.5 Å². The van der Waals surface area contributed by atoms with Crippen LogP contribution in [0.1, 0.15) is 18.1 Å². The number of hydrogen-bond donors (Lipinski definition) is 4. The molecule has 1 atom stereocenters. The van der Waals surface area contributed by atoms with Crippen molar-refractivity contribution in [1.82, 2.24) is 15.4 Å². The highest BCUT2D eigenvalue weighted by Gasteiger charge is 2.21. The smallest absolute Gasteiger partial charge is 0.264 e. The Kier molecular flexibility index (Phi) is 10.2. The summed E-state index contributed by atoms with van der Waals surface area (Å²) >= 11 is 4.31. The molecule has 0 saturated heterocycles. The van der Waals surface area contributed by atoms with Crippen LogP contribution < -0.4 is 15.4 Å². The average molecular weight is 544 g/mol. The van der Waals surface area contributed by atoms with E-state index in [1.807, 2.05) is 35.1 Å². The van der Waals surface area contributed by atoms with Crippen molar-refractivity contribution in [2.75, 3.05) is 18.8 Å². The molecule has 3 aromatic carbocycles. The summed E-state index contributed by atoms with van der Waals surface area (Å²) in [5, 5.41) is 5.99. The molecule has 0 aromatic heterocycles. The maximum absolute atomic E-state index is 14.8. The minimum atomic E-state index is -4.09. The third-order valence-corrected chi connectivity index (χ3v) is 7.58. The summed E-state index contributed by atoms with van der Waals surface area (Å²) in [5.74, 6) is -1.10. The lowest BCUT2D eigenvalue weighted by Gasteiger charge is -2.15. The van der Waals surface area contributed by atoms with Crippen molar-refractivity contribution < 1.29 is 22.4 Å². The first kappa shape index (κ1) is 28.4. The number of amides is 2. The van der Waals surface area contributed by atoms with E-state index in [1.165, 1.54) is 18.2 Å². The number of carbonyl (C=O) groups is 2. The fourth-order valence-electron chi connectivity index (χ4n) is 3.82. The molecule has 0 aliphatic heterocycles. The quantitative estimate of drug-likeness (QED) is 0.207. The molecule has 37 heavy (non-hydrogen) atoms. The van der Waals surface area contributed by atoms with Gasteiger partial charge in [-0.05, 0) is 29.7 Å². The van der Waals surface area contributed by atoms with Crippen LogP contribution in [0.15, 0.2) is 77.7 Å². The molecule has 7 nitrogen and oxygen atoms in total. The van der Waals surface area contributed by atoms with E-state index in [9.17, 15) is 22.4 Å². The molecule has 0 aliphatic carbocycles. The highest BCUT2D eigenvalue weighted by molar-refractivity contribution is 7.90. The Balaban J connectivity index is 1.55. The second kappa shape index (κ2) is 13.4. The molecule has 10 heteroatoms. The summed E-state index contributed by atoms with van der Waals surface area (Å²) in [4.78, 5) is 23.7. The van der Waals surface area contributed by atoms with Gasteiger partial charge in [0.05, 0.1) is 10.8 Å². The van der Waals surface area contributed by atoms with Crippen LogP contribution in [0.2, 0.25) is 0 Å². The third kappa shape index (κ3) is 8.14. The summed E-state index contributed by atoms with van der Waals surface area (Å²) in [6.07, 6.45) is 0.608. The molecular weight excluding hydrogens is 513 g/mol. The molecular formula is C27H30FN3O4S2. The van der Waals surface area contributed by atoms with Crippen molar-refractivity contribution in [3.8, 4) is 11.1 Å². The van der Waals surface area contributed by atoms with E-state index in [2.05, 4.69) is 23.3 Å². The maximum Gasteiger partial charge on any atom is 0.264 e.